The van der Waals surface area contributed by atoms with E-state index in [1.165, 1.54) is 12.1 Å². The average Bonchev–Trinajstić information content (AvgIpc) is 3.45. The molecule has 3 rings (SSSR count). The molecular formula is C24H31Cl2N3O7. The number of ether oxygens (including phenoxy) is 1. The van der Waals surface area contributed by atoms with E-state index in [2.05, 4.69) is 16.0 Å². The first-order valence-electron chi connectivity index (χ1n) is 11.6. The van der Waals surface area contributed by atoms with Crippen molar-refractivity contribution in [1.82, 2.24) is 10.6 Å². The lowest BCUT2D eigenvalue weighted by atomic mass is 9.62. The van der Waals surface area contributed by atoms with Crippen molar-refractivity contribution < 1.29 is 34.1 Å². The molecule has 0 aliphatic heterocycles. The number of aliphatic carboxylic acids is 2. The lowest BCUT2D eigenvalue weighted by Gasteiger charge is -2.48. The lowest BCUT2D eigenvalue weighted by Crippen LogP contribution is -2.69. The van der Waals surface area contributed by atoms with Crippen LogP contribution >= 0.6 is 23.2 Å². The molecule has 3 amide bonds. The van der Waals surface area contributed by atoms with Crippen molar-refractivity contribution >= 4 is 53.0 Å². The topological polar surface area (TPSA) is 154 Å². The maximum atomic E-state index is 13.0. The second kappa shape index (κ2) is 9.63. The van der Waals surface area contributed by atoms with Crippen LogP contribution < -0.4 is 16.0 Å². The van der Waals surface area contributed by atoms with Crippen LogP contribution in [0, 0.1) is 23.2 Å². The van der Waals surface area contributed by atoms with Gasteiger partial charge in [-0.2, -0.15) is 0 Å². The summed E-state index contributed by atoms with van der Waals surface area (Å²) in [5.74, 6) is -5.30. The van der Waals surface area contributed by atoms with Gasteiger partial charge in [0.05, 0.1) is 16.0 Å². The molecule has 5 atom stereocenters. The van der Waals surface area contributed by atoms with Crippen LogP contribution in [0.25, 0.3) is 0 Å². The van der Waals surface area contributed by atoms with Crippen molar-refractivity contribution in [1.29, 1.82) is 0 Å². The summed E-state index contributed by atoms with van der Waals surface area (Å²) in [4.78, 5) is 50.9. The molecule has 5 N–H and O–H groups in total. The van der Waals surface area contributed by atoms with Crippen LogP contribution in [0.3, 0.4) is 0 Å². The fourth-order valence-corrected chi connectivity index (χ4v) is 6.31. The Balaban J connectivity index is 2.01. The number of nitrogens with one attached hydrogen (secondary N) is 3. The van der Waals surface area contributed by atoms with E-state index in [0.29, 0.717) is 10.7 Å². The fraction of sp³-hybridized carbons (Fsp3) is 0.583. The lowest BCUT2D eigenvalue weighted by molar-refractivity contribution is -0.155. The molecular weight excluding hydrogens is 513 g/mol. The standard InChI is InChI=1S/C24H31Cl2N3O7/c1-6-23(7-2)17(28-20(34)27-11-8-9-12(25)13(26)10-11)14-15(18(30)31)16(14)24(23,19(32)33)29-21(35)36-22(3,4)5/h8-10,14-17H,6-7H2,1-5H3,(H,29,35)(H,30,31)(H,32,33)(H2,27,28,34). The highest BCUT2D eigenvalue weighted by molar-refractivity contribution is 6.42. The van der Waals surface area contributed by atoms with E-state index in [9.17, 15) is 29.4 Å². The van der Waals surface area contributed by atoms with Gasteiger partial charge in [0.1, 0.15) is 5.60 Å². The number of hydrogen-bond acceptors (Lipinski definition) is 5. The Morgan fingerprint density at radius 1 is 1.06 bits per heavy atom. The molecule has 2 aliphatic rings. The quantitative estimate of drug-likeness (QED) is 0.336. The third kappa shape index (κ3) is 4.56. The van der Waals surface area contributed by atoms with Gasteiger partial charge in [0.25, 0.3) is 0 Å². The van der Waals surface area contributed by atoms with E-state index < -0.39 is 64.4 Å². The van der Waals surface area contributed by atoms with E-state index >= 15 is 0 Å². The summed E-state index contributed by atoms with van der Waals surface area (Å²) in [5, 5.41) is 28.9. The molecule has 1 aromatic carbocycles. The molecule has 198 valence electrons. The van der Waals surface area contributed by atoms with Gasteiger partial charge in [-0.05, 0) is 57.7 Å². The smallest absolute Gasteiger partial charge is 0.408 e. The Morgan fingerprint density at radius 3 is 2.14 bits per heavy atom. The van der Waals surface area contributed by atoms with Gasteiger partial charge in [-0.3, -0.25) is 4.79 Å². The van der Waals surface area contributed by atoms with Crippen molar-refractivity contribution in [3.8, 4) is 0 Å². The summed E-state index contributed by atoms with van der Waals surface area (Å²) in [6, 6.07) is 2.97. The average molecular weight is 544 g/mol. The van der Waals surface area contributed by atoms with E-state index in [-0.39, 0.29) is 17.9 Å². The van der Waals surface area contributed by atoms with Crippen LogP contribution in [0.5, 0.6) is 0 Å². The molecule has 0 saturated heterocycles. The first-order chi connectivity index (χ1) is 16.6. The van der Waals surface area contributed by atoms with Gasteiger partial charge in [-0.1, -0.05) is 37.0 Å². The second-order valence-electron chi connectivity index (χ2n) is 10.3. The first kappa shape index (κ1) is 27.9. The van der Waals surface area contributed by atoms with Crippen LogP contribution in [0.2, 0.25) is 10.0 Å². The Labute approximate surface area is 219 Å². The third-order valence-electron chi connectivity index (χ3n) is 7.39. The molecule has 0 heterocycles. The van der Waals surface area contributed by atoms with Gasteiger partial charge >= 0.3 is 24.1 Å². The van der Waals surface area contributed by atoms with E-state index in [1.807, 2.05) is 0 Å². The molecule has 2 saturated carbocycles. The van der Waals surface area contributed by atoms with E-state index in [1.54, 1.807) is 40.7 Å². The monoisotopic (exact) mass is 543 g/mol. The number of amides is 3. The summed E-state index contributed by atoms with van der Waals surface area (Å²) < 4.78 is 5.35. The number of rotatable bonds is 7. The number of hydrogen-bond donors (Lipinski definition) is 5. The maximum Gasteiger partial charge on any atom is 0.408 e. The van der Waals surface area contributed by atoms with Crippen molar-refractivity contribution in [2.75, 3.05) is 5.32 Å². The molecule has 10 nitrogen and oxygen atoms in total. The summed E-state index contributed by atoms with van der Waals surface area (Å²) in [7, 11) is 0. The number of urea groups is 1. The van der Waals surface area contributed by atoms with Crippen molar-refractivity contribution in [2.24, 2.45) is 23.2 Å². The third-order valence-corrected chi connectivity index (χ3v) is 8.13. The SMILES string of the molecule is CCC1(CC)C(NC(=O)Nc2ccc(Cl)c(Cl)c2)C2C(C(=O)O)C2C1(NC(=O)OC(C)(C)C)C(=O)O. The highest BCUT2D eigenvalue weighted by Gasteiger charge is 2.84. The summed E-state index contributed by atoms with van der Waals surface area (Å²) in [6.07, 6.45) is -0.488. The number of alkyl carbamates (subject to hydrolysis) is 1. The normalized spacial score (nSPS) is 28.0. The highest BCUT2D eigenvalue weighted by atomic mass is 35.5. The Hall–Kier alpha value is -2.72. The molecule has 36 heavy (non-hydrogen) atoms. The van der Waals surface area contributed by atoms with Crippen molar-refractivity contribution in [2.45, 2.75) is 64.6 Å². The van der Waals surface area contributed by atoms with Gasteiger partial charge in [0.15, 0.2) is 5.54 Å². The fourth-order valence-electron chi connectivity index (χ4n) is 6.02. The van der Waals surface area contributed by atoms with Gasteiger partial charge in [0.2, 0.25) is 0 Å². The van der Waals surface area contributed by atoms with Crippen LogP contribution in [0.15, 0.2) is 18.2 Å². The number of carboxylic acid groups (broad SMARTS) is 2. The molecule has 0 aromatic heterocycles. The molecule has 2 fully saturated rings. The molecule has 12 heteroatoms. The highest BCUT2D eigenvalue weighted by Crippen LogP contribution is 2.71. The van der Waals surface area contributed by atoms with Gasteiger partial charge in [-0.15, -0.1) is 0 Å². The van der Waals surface area contributed by atoms with Gasteiger partial charge in [0, 0.05) is 23.1 Å². The summed E-state index contributed by atoms with van der Waals surface area (Å²) in [6.45, 7) is 8.42. The number of halogens is 2. The molecule has 2 aliphatic carbocycles. The largest absolute Gasteiger partial charge is 0.481 e. The molecule has 1 aromatic rings. The van der Waals surface area contributed by atoms with E-state index in [0.717, 1.165) is 0 Å². The minimum atomic E-state index is -1.98. The number of carbonyl (C=O) groups excluding carboxylic acids is 2. The number of carboxylic acids is 2. The maximum absolute atomic E-state index is 13.0. The zero-order valence-electron chi connectivity index (χ0n) is 20.6. The van der Waals surface area contributed by atoms with Crippen LogP contribution in [-0.2, 0) is 14.3 Å². The first-order valence-corrected chi connectivity index (χ1v) is 12.4. The van der Waals surface area contributed by atoms with Crippen LogP contribution in [-0.4, -0.2) is 51.5 Å². The summed E-state index contributed by atoms with van der Waals surface area (Å²) >= 11 is 11.9. The second-order valence-corrected chi connectivity index (χ2v) is 11.1. The number of carbonyl (C=O) groups is 4. The number of anilines is 1. The van der Waals surface area contributed by atoms with Crippen LogP contribution in [0.1, 0.15) is 47.5 Å². The minimum Gasteiger partial charge on any atom is -0.481 e. The van der Waals surface area contributed by atoms with Gasteiger partial charge in [-0.25, -0.2) is 14.4 Å². The number of benzene rings is 1. The number of fused-ring (bicyclic) bond motifs is 1. The zero-order chi connectivity index (χ0) is 27.2. The van der Waals surface area contributed by atoms with E-state index in [4.69, 9.17) is 27.9 Å². The predicted molar refractivity (Wildman–Crippen MR) is 133 cm³/mol. The molecule has 0 spiro atoms. The van der Waals surface area contributed by atoms with Crippen molar-refractivity contribution in [3.05, 3.63) is 28.2 Å². The van der Waals surface area contributed by atoms with Crippen LogP contribution in [0.4, 0.5) is 15.3 Å². The van der Waals surface area contributed by atoms with Gasteiger partial charge < -0.3 is 30.9 Å². The molecule has 0 radical (unpaired) electrons. The Kier molecular flexibility index (Phi) is 7.45. The minimum absolute atomic E-state index is 0.228. The summed E-state index contributed by atoms with van der Waals surface area (Å²) in [5.41, 5.74) is -3.74. The zero-order valence-corrected chi connectivity index (χ0v) is 22.2. The Morgan fingerprint density at radius 2 is 1.67 bits per heavy atom. The molecule has 0 bridgehead atoms. The van der Waals surface area contributed by atoms with Crippen molar-refractivity contribution in [3.63, 3.8) is 0 Å². The predicted octanol–water partition coefficient (Wildman–Crippen LogP) is 4.60. The molecule has 5 unspecified atom stereocenters. The Bertz CT molecular complexity index is 1090.